The van der Waals surface area contributed by atoms with Crippen LogP contribution in [-0.4, -0.2) is 26.6 Å². The predicted octanol–water partition coefficient (Wildman–Crippen LogP) is -1.98. The predicted molar refractivity (Wildman–Crippen MR) is 58.7 cm³/mol. The monoisotopic (exact) mass is 252 g/mol. The van der Waals surface area contributed by atoms with E-state index < -0.39 is 10.3 Å². The zero-order chi connectivity index (χ0) is 11.5. The number of nitrogens with one attached hydrogen (secondary N) is 1. The van der Waals surface area contributed by atoms with Gasteiger partial charge in [-0.15, -0.1) is 0 Å². The largest absolute Gasteiger partial charge is 1.00 e. The first-order valence-corrected chi connectivity index (χ1v) is 5.88. The van der Waals surface area contributed by atoms with E-state index in [9.17, 15) is 13.0 Å². The fourth-order valence-electron chi connectivity index (χ4n) is 1.11. The van der Waals surface area contributed by atoms with Gasteiger partial charge in [0.2, 0.25) is 0 Å². The smallest absolute Gasteiger partial charge is 0.731 e. The fourth-order valence-corrected chi connectivity index (χ4v) is 1.54. The second kappa shape index (κ2) is 6.46. The summed E-state index contributed by atoms with van der Waals surface area (Å²) in [4.78, 5) is 2.00. The minimum Gasteiger partial charge on any atom is -0.731 e. The van der Waals surface area contributed by atoms with Crippen molar-refractivity contribution < 1.29 is 42.5 Å². The Kier molecular flexibility index (Phi) is 6.35. The molecule has 0 fully saturated rings. The number of hydrogen-bond acceptors (Lipinski definition) is 4. The van der Waals surface area contributed by atoms with Crippen molar-refractivity contribution in [1.29, 1.82) is 0 Å². The van der Waals surface area contributed by atoms with Gasteiger partial charge in [-0.25, -0.2) is 8.42 Å². The number of nitrogens with zero attached hydrogens (tertiary/aromatic N) is 1. The number of anilines is 2. The van der Waals surface area contributed by atoms with Crippen LogP contribution < -0.4 is 39.2 Å². The molecule has 0 aliphatic rings. The second-order valence-corrected chi connectivity index (χ2v) is 4.23. The van der Waals surface area contributed by atoms with Crippen LogP contribution in [0.2, 0.25) is 0 Å². The SMILES string of the molecule is CCN(C)c1ccc(NS(=O)(=O)[O-])cc1.[Na+]. The molecule has 0 aromatic heterocycles. The van der Waals surface area contributed by atoms with E-state index in [-0.39, 0.29) is 35.2 Å². The average Bonchev–Trinajstić information content (AvgIpc) is 2.15. The van der Waals surface area contributed by atoms with Crippen molar-refractivity contribution in [2.75, 3.05) is 23.2 Å². The van der Waals surface area contributed by atoms with Gasteiger partial charge in [0.25, 0.3) is 0 Å². The number of benzene rings is 1. The average molecular weight is 252 g/mol. The zero-order valence-electron chi connectivity index (χ0n) is 9.60. The van der Waals surface area contributed by atoms with Gasteiger partial charge >= 0.3 is 29.6 Å². The van der Waals surface area contributed by atoms with E-state index in [0.29, 0.717) is 0 Å². The molecule has 0 aliphatic carbocycles. The van der Waals surface area contributed by atoms with Gasteiger partial charge in [-0.1, -0.05) is 0 Å². The second-order valence-electron chi connectivity index (χ2n) is 3.12. The quantitative estimate of drug-likeness (QED) is 0.498. The molecule has 1 aromatic carbocycles. The van der Waals surface area contributed by atoms with Crippen LogP contribution in [0.5, 0.6) is 0 Å². The summed E-state index contributed by atoms with van der Waals surface area (Å²) in [5.41, 5.74) is 1.24. The van der Waals surface area contributed by atoms with Crippen LogP contribution in [0.25, 0.3) is 0 Å². The van der Waals surface area contributed by atoms with Gasteiger partial charge in [-0.3, -0.25) is 4.72 Å². The Labute approximate surface area is 118 Å². The van der Waals surface area contributed by atoms with Crippen LogP contribution in [-0.2, 0) is 10.3 Å². The minimum absolute atomic E-state index is 0. The van der Waals surface area contributed by atoms with Gasteiger partial charge in [-0.2, -0.15) is 0 Å². The molecule has 0 unspecified atom stereocenters. The van der Waals surface area contributed by atoms with Gasteiger partial charge in [0, 0.05) is 25.0 Å². The van der Waals surface area contributed by atoms with Crippen molar-refractivity contribution in [3.8, 4) is 0 Å². The Hall–Kier alpha value is -0.270. The molecule has 1 aromatic rings. The van der Waals surface area contributed by atoms with E-state index in [0.717, 1.165) is 12.2 Å². The molecule has 0 radical (unpaired) electrons. The van der Waals surface area contributed by atoms with Gasteiger partial charge in [0.15, 0.2) is 10.3 Å². The molecule has 1 rings (SSSR count). The van der Waals surface area contributed by atoms with E-state index >= 15 is 0 Å². The molecule has 16 heavy (non-hydrogen) atoms. The normalized spacial score (nSPS) is 10.4. The van der Waals surface area contributed by atoms with Crippen LogP contribution in [0.3, 0.4) is 0 Å². The summed E-state index contributed by atoms with van der Waals surface area (Å²) < 4.78 is 33.1. The van der Waals surface area contributed by atoms with Gasteiger partial charge < -0.3 is 9.45 Å². The Morgan fingerprint density at radius 1 is 1.31 bits per heavy atom. The first kappa shape index (κ1) is 15.7. The third-order valence-corrected chi connectivity index (χ3v) is 2.51. The van der Waals surface area contributed by atoms with Crippen molar-refractivity contribution >= 4 is 21.7 Å². The summed E-state index contributed by atoms with van der Waals surface area (Å²) in [6, 6.07) is 6.60. The molecule has 5 nitrogen and oxygen atoms in total. The standard InChI is InChI=1S/C9H14N2O3S.Na/c1-3-11(2)9-6-4-8(5-7-9)10-15(12,13)14;/h4-7,10H,3H2,1-2H3,(H,12,13,14);/q;+1/p-1. The molecule has 0 bridgehead atoms. The van der Waals surface area contributed by atoms with Crippen molar-refractivity contribution in [2.45, 2.75) is 6.92 Å². The molecule has 0 spiro atoms. The summed E-state index contributed by atoms with van der Waals surface area (Å²) in [6.07, 6.45) is 0. The van der Waals surface area contributed by atoms with Crippen LogP contribution in [0.1, 0.15) is 6.92 Å². The van der Waals surface area contributed by atoms with E-state index in [1.54, 1.807) is 24.3 Å². The first-order chi connectivity index (χ1) is 6.92. The molecule has 0 atom stereocenters. The zero-order valence-corrected chi connectivity index (χ0v) is 12.4. The number of hydrogen-bond donors (Lipinski definition) is 1. The Bertz CT molecular complexity index is 419. The van der Waals surface area contributed by atoms with Gasteiger partial charge in [0.1, 0.15) is 0 Å². The topological polar surface area (TPSA) is 72.5 Å². The Balaban J connectivity index is 0.00000225. The molecule has 1 N–H and O–H groups in total. The van der Waals surface area contributed by atoms with Crippen LogP contribution in [0, 0.1) is 0 Å². The van der Waals surface area contributed by atoms with Crippen LogP contribution in [0.15, 0.2) is 24.3 Å². The molecule has 7 heteroatoms. The molecule has 0 amide bonds. The molecule has 0 saturated carbocycles. The molecule has 0 aliphatic heterocycles. The summed E-state index contributed by atoms with van der Waals surface area (Å²) >= 11 is 0. The summed E-state index contributed by atoms with van der Waals surface area (Å²) in [7, 11) is -2.51. The summed E-state index contributed by atoms with van der Waals surface area (Å²) in [5, 5.41) is 0. The van der Waals surface area contributed by atoms with E-state index in [4.69, 9.17) is 0 Å². The Morgan fingerprint density at radius 3 is 2.19 bits per heavy atom. The first-order valence-electron chi connectivity index (χ1n) is 4.47. The third-order valence-electron chi connectivity index (χ3n) is 2.03. The maximum absolute atomic E-state index is 10.4. The van der Waals surface area contributed by atoms with Crippen molar-refractivity contribution in [1.82, 2.24) is 0 Å². The molecular weight excluding hydrogens is 239 g/mol. The summed E-state index contributed by atoms with van der Waals surface area (Å²) in [5.74, 6) is 0. The molecule has 84 valence electrons. The van der Waals surface area contributed by atoms with Crippen LogP contribution >= 0.6 is 0 Å². The maximum Gasteiger partial charge on any atom is 1.00 e. The molecular formula is C9H13N2NaO3S. The Morgan fingerprint density at radius 2 is 1.81 bits per heavy atom. The van der Waals surface area contributed by atoms with E-state index in [1.165, 1.54) is 0 Å². The van der Waals surface area contributed by atoms with Gasteiger partial charge in [-0.05, 0) is 31.2 Å². The minimum atomic E-state index is -4.43. The molecule has 0 saturated heterocycles. The number of rotatable bonds is 4. The van der Waals surface area contributed by atoms with Crippen LogP contribution in [0.4, 0.5) is 11.4 Å². The van der Waals surface area contributed by atoms with E-state index in [1.807, 2.05) is 23.6 Å². The van der Waals surface area contributed by atoms with Crippen molar-refractivity contribution in [3.63, 3.8) is 0 Å². The summed E-state index contributed by atoms with van der Waals surface area (Å²) in [6.45, 7) is 2.86. The van der Waals surface area contributed by atoms with Crippen molar-refractivity contribution in [3.05, 3.63) is 24.3 Å². The maximum atomic E-state index is 10.4. The van der Waals surface area contributed by atoms with Crippen molar-refractivity contribution in [2.24, 2.45) is 0 Å². The van der Waals surface area contributed by atoms with Gasteiger partial charge in [0.05, 0.1) is 0 Å². The molecule has 0 heterocycles. The third kappa shape index (κ3) is 5.18. The fraction of sp³-hybridized carbons (Fsp3) is 0.333. The van der Waals surface area contributed by atoms with E-state index in [2.05, 4.69) is 0 Å².